The zero-order valence-corrected chi connectivity index (χ0v) is 21.7. The maximum absolute atomic E-state index is 9.19. The van der Waals surface area contributed by atoms with Gasteiger partial charge in [-0.15, -0.1) is 0 Å². The Morgan fingerprint density at radius 2 is 0.900 bits per heavy atom. The van der Waals surface area contributed by atoms with Crippen LogP contribution in [0.4, 0.5) is 0 Å². The number of rotatable bonds is 3. The lowest BCUT2D eigenvalue weighted by atomic mass is 9.89. The van der Waals surface area contributed by atoms with Crippen LogP contribution >= 0.6 is 0 Å². The van der Waals surface area contributed by atoms with E-state index in [0.717, 1.165) is 11.1 Å². The number of nitrogens with zero attached hydrogens (tertiary/aromatic N) is 1. The number of benzene rings is 8. The first-order valence-corrected chi connectivity index (χ1v) is 13.6. The van der Waals surface area contributed by atoms with E-state index < -0.39 is 0 Å². The summed E-state index contributed by atoms with van der Waals surface area (Å²) in [5.74, 6) is 0. The molecule has 0 radical (unpaired) electrons. The summed E-state index contributed by atoms with van der Waals surface area (Å²) in [7, 11) is 0. The van der Waals surface area contributed by atoms with Gasteiger partial charge in [0.2, 0.25) is 0 Å². The first kappa shape index (κ1) is 22.5. The fraction of sp³-hybridized carbons (Fsp3) is 0. The van der Waals surface area contributed by atoms with Crippen LogP contribution < -0.4 is 0 Å². The van der Waals surface area contributed by atoms with E-state index in [2.05, 4.69) is 121 Å². The van der Waals surface area contributed by atoms with Crippen molar-refractivity contribution in [2.45, 2.75) is 0 Å². The van der Waals surface area contributed by atoms with E-state index in [1.165, 1.54) is 65.3 Å². The average Bonchev–Trinajstić information content (AvgIpc) is 3.03. The van der Waals surface area contributed by atoms with Gasteiger partial charge in [-0.1, -0.05) is 115 Å². The van der Waals surface area contributed by atoms with Gasteiger partial charge in [0.1, 0.15) is 0 Å². The van der Waals surface area contributed by atoms with Crippen molar-refractivity contribution in [3.05, 3.63) is 145 Å². The molecule has 0 spiro atoms. The molecule has 0 aliphatic rings. The summed E-state index contributed by atoms with van der Waals surface area (Å²) < 4.78 is 0. The van der Waals surface area contributed by atoms with Crippen LogP contribution in [0.5, 0.6) is 0 Å². The molecule has 0 saturated heterocycles. The number of hydrogen-bond acceptors (Lipinski definition) is 1. The van der Waals surface area contributed by atoms with E-state index in [1.807, 2.05) is 24.3 Å². The highest BCUT2D eigenvalue weighted by Crippen LogP contribution is 2.40. The van der Waals surface area contributed by atoms with Gasteiger partial charge in [0.25, 0.3) is 0 Å². The number of nitriles is 1. The van der Waals surface area contributed by atoms with Crippen molar-refractivity contribution < 1.29 is 0 Å². The Labute approximate surface area is 232 Å². The first-order valence-electron chi connectivity index (χ1n) is 13.6. The highest BCUT2D eigenvalue weighted by Gasteiger charge is 2.13. The molecule has 0 aliphatic heterocycles. The predicted molar refractivity (Wildman–Crippen MR) is 169 cm³/mol. The summed E-state index contributed by atoms with van der Waals surface area (Å²) in [6, 6.07) is 52.2. The van der Waals surface area contributed by atoms with Crippen molar-refractivity contribution in [1.82, 2.24) is 0 Å². The Bertz CT molecular complexity index is 2250. The summed E-state index contributed by atoms with van der Waals surface area (Å²) in [4.78, 5) is 0. The molecule has 0 atom stereocenters. The largest absolute Gasteiger partial charge is 0.192 e. The van der Waals surface area contributed by atoms with Crippen LogP contribution in [0.2, 0.25) is 0 Å². The lowest BCUT2D eigenvalue weighted by Crippen LogP contribution is -1.88. The molecule has 8 aromatic rings. The van der Waals surface area contributed by atoms with Crippen LogP contribution in [0.25, 0.3) is 76.5 Å². The molecule has 0 amide bonds. The fourth-order valence-corrected chi connectivity index (χ4v) is 6.28. The van der Waals surface area contributed by atoms with Crippen molar-refractivity contribution in [3.63, 3.8) is 0 Å². The first-order chi connectivity index (χ1) is 19.8. The van der Waals surface area contributed by atoms with E-state index in [-0.39, 0.29) is 0 Å². The van der Waals surface area contributed by atoms with Crippen LogP contribution in [0.3, 0.4) is 0 Å². The second kappa shape index (κ2) is 8.80. The second-order valence-corrected chi connectivity index (χ2v) is 10.5. The third kappa shape index (κ3) is 3.48. The van der Waals surface area contributed by atoms with Crippen LogP contribution in [0.15, 0.2) is 140 Å². The van der Waals surface area contributed by atoms with Crippen molar-refractivity contribution in [1.29, 1.82) is 5.26 Å². The Morgan fingerprint density at radius 3 is 1.57 bits per heavy atom. The fourth-order valence-electron chi connectivity index (χ4n) is 6.28. The van der Waals surface area contributed by atoms with Crippen LogP contribution in [-0.4, -0.2) is 0 Å². The standard InChI is InChI=1S/C39H23N/c40-24-25-8-10-26(11-9-25)34-6-1-2-7-35(34)32-16-14-31-23-33(17-15-30(31)22-32)36-20-18-29-13-12-27-4-3-5-28-19-21-37(36)39(29)38(27)28/h1-23H. The lowest BCUT2D eigenvalue weighted by Gasteiger charge is -2.15. The third-order valence-electron chi connectivity index (χ3n) is 8.24. The lowest BCUT2D eigenvalue weighted by molar-refractivity contribution is 1.48. The van der Waals surface area contributed by atoms with Crippen molar-refractivity contribution in [3.8, 4) is 39.4 Å². The summed E-state index contributed by atoms with van der Waals surface area (Å²) >= 11 is 0. The molecule has 40 heavy (non-hydrogen) atoms. The highest BCUT2D eigenvalue weighted by molar-refractivity contribution is 6.25. The van der Waals surface area contributed by atoms with Gasteiger partial charge in [0, 0.05) is 0 Å². The molecule has 0 saturated carbocycles. The Balaban J connectivity index is 1.24. The van der Waals surface area contributed by atoms with E-state index in [4.69, 9.17) is 0 Å². The van der Waals surface area contributed by atoms with E-state index in [1.54, 1.807) is 0 Å². The minimum atomic E-state index is 0.674. The molecule has 0 aromatic heterocycles. The van der Waals surface area contributed by atoms with Crippen LogP contribution in [-0.2, 0) is 0 Å². The zero-order chi connectivity index (χ0) is 26.6. The molecule has 1 heteroatoms. The van der Waals surface area contributed by atoms with Crippen molar-refractivity contribution in [2.75, 3.05) is 0 Å². The molecule has 0 fully saturated rings. The van der Waals surface area contributed by atoms with Gasteiger partial charge in [0.05, 0.1) is 11.6 Å². The molecule has 0 bridgehead atoms. The molecular weight excluding hydrogens is 482 g/mol. The smallest absolute Gasteiger partial charge is 0.0991 e. The SMILES string of the molecule is N#Cc1ccc(-c2ccccc2-c2ccc3cc(-c4ccc5ccc6cccc7ccc4c5c67)ccc3c2)cc1. The highest BCUT2D eigenvalue weighted by atomic mass is 14.2. The van der Waals surface area contributed by atoms with E-state index in [9.17, 15) is 5.26 Å². The van der Waals surface area contributed by atoms with E-state index in [0.29, 0.717) is 5.56 Å². The summed E-state index contributed by atoms with van der Waals surface area (Å²) in [5, 5.41) is 19.5. The Kier molecular flexibility index (Phi) is 4.96. The van der Waals surface area contributed by atoms with E-state index >= 15 is 0 Å². The molecule has 0 N–H and O–H groups in total. The summed E-state index contributed by atoms with van der Waals surface area (Å²) in [5.41, 5.74) is 7.81. The van der Waals surface area contributed by atoms with Crippen molar-refractivity contribution >= 4 is 43.1 Å². The molecule has 0 aliphatic carbocycles. The molecule has 184 valence electrons. The minimum Gasteiger partial charge on any atom is -0.192 e. The van der Waals surface area contributed by atoms with Gasteiger partial charge in [-0.25, -0.2) is 0 Å². The maximum atomic E-state index is 9.19. The van der Waals surface area contributed by atoms with Crippen LogP contribution in [0, 0.1) is 11.3 Å². The second-order valence-electron chi connectivity index (χ2n) is 10.5. The van der Waals surface area contributed by atoms with Gasteiger partial charge in [-0.3, -0.25) is 0 Å². The van der Waals surface area contributed by atoms with Crippen LogP contribution in [0.1, 0.15) is 5.56 Å². The van der Waals surface area contributed by atoms with Gasteiger partial charge in [-0.05, 0) is 101 Å². The number of fused-ring (bicyclic) bond motifs is 1. The molecule has 0 heterocycles. The molecule has 1 nitrogen and oxygen atoms in total. The monoisotopic (exact) mass is 505 g/mol. The Morgan fingerprint density at radius 1 is 0.375 bits per heavy atom. The predicted octanol–water partition coefficient (Wildman–Crippen LogP) is 10.6. The molecule has 8 rings (SSSR count). The normalized spacial score (nSPS) is 11.5. The molecule has 0 unspecified atom stereocenters. The minimum absolute atomic E-state index is 0.674. The quantitative estimate of drug-likeness (QED) is 0.219. The average molecular weight is 506 g/mol. The van der Waals surface area contributed by atoms with Gasteiger partial charge in [-0.2, -0.15) is 5.26 Å². The maximum Gasteiger partial charge on any atom is 0.0991 e. The topological polar surface area (TPSA) is 23.8 Å². The van der Waals surface area contributed by atoms with Crippen molar-refractivity contribution in [2.24, 2.45) is 0 Å². The summed E-state index contributed by atoms with van der Waals surface area (Å²) in [6.45, 7) is 0. The number of hydrogen-bond donors (Lipinski definition) is 0. The molecule has 8 aromatic carbocycles. The van der Waals surface area contributed by atoms with Gasteiger partial charge >= 0.3 is 0 Å². The Hall–Kier alpha value is -5.45. The summed E-state index contributed by atoms with van der Waals surface area (Å²) in [6.07, 6.45) is 0. The van der Waals surface area contributed by atoms with Gasteiger partial charge < -0.3 is 0 Å². The molecular formula is C39H23N. The zero-order valence-electron chi connectivity index (χ0n) is 21.7. The van der Waals surface area contributed by atoms with Gasteiger partial charge in [0.15, 0.2) is 0 Å². The third-order valence-corrected chi connectivity index (χ3v) is 8.24.